The molecule has 0 heterocycles. The highest BCUT2D eigenvalue weighted by Crippen LogP contribution is 2.16. The van der Waals surface area contributed by atoms with Gasteiger partial charge in [-0.1, -0.05) is 35.9 Å². The standard InChI is InChI=1S/C17H20N2O/c1-11-5-4-6-14(9-11)13(3)19-17(20)15-8-7-12(2)16(18)10-15/h4-10,13H,18H2,1-3H3,(H,19,20)/t13-/m1/s1. The summed E-state index contributed by atoms with van der Waals surface area (Å²) < 4.78 is 0. The van der Waals surface area contributed by atoms with Gasteiger partial charge in [-0.05, 0) is 44.0 Å². The Balaban J connectivity index is 2.13. The fourth-order valence-corrected chi connectivity index (χ4v) is 2.08. The fourth-order valence-electron chi connectivity index (χ4n) is 2.08. The van der Waals surface area contributed by atoms with E-state index in [0.717, 1.165) is 11.1 Å². The molecule has 0 aliphatic heterocycles. The molecular formula is C17H20N2O. The molecule has 1 atom stereocenters. The van der Waals surface area contributed by atoms with Gasteiger partial charge >= 0.3 is 0 Å². The fraction of sp³-hybridized carbons (Fsp3) is 0.235. The van der Waals surface area contributed by atoms with Gasteiger partial charge in [0.25, 0.3) is 5.91 Å². The first-order valence-corrected chi connectivity index (χ1v) is 6.71. The smallest absolute Gasteiger partial charge is 0.251 e. The van der Waals surface area contributed by atoms with E-state index in [0.29, 0.717) is 11.3 Å². The van der Waals surface area contributed by atoms with E-state index in [9.17, 15) is 4.79 Å². The van der Waals surface area contributed by atoms with Crippen LogP contribution in [0.3, 0.4) is 0 Å². The Morgan fingerprint density at radius 1 is 1.15 bits per heavy atom. The highest BCUT2D eigenvalue weighted by atomic mass is 16.1. The van der Waals surface area contributed by atoms with Crippen LogP contribution in [0.25, 0.3) is 0 Å². The van der Waals surface area contributed by atoms with Crippen LogP contribution in [0.15, 0.2) is 42.5 Å². The van der Waals surface area contributed by atoms with Crippen molar-refractivity contribution in [3.63, 3.8) is 0 Å². The molecule has 3 N–H and O–H groups in total. The molecule has 3 heteroatoms. The Bertz CT molecular complexity index is 635. The van der Waals surface area contributed by atoms with E-state index in [1.54, 1.807) is 12.1 Å². The lowest BCUT2D eigenvalue weighted by atomic mass is 10.0. The molecule has 0 spiro atoms. The number of nitrogens with one attached hydrogen (secondary N) is 1. The zero-order valence-electron chi connectivity index (χ0n) is 12.1. The average molecular weight is 268 g/mol. The first-order chi connectivity index (χ1) is 9.47. The number of carbonyl (C=O) groups is 1. The zero-order valence-corrected chi connectivity index (χ0v) is 12.1. The van der Waals surface area contributed by atoms with Crippen molar-refractivity contribution >= 4 is 11.6 Å². The number of anilines is 1. The van der Waals surface area contributed by atoms with E-state index < -0.39 is 0 Å². The highest BCUT2D eigenvalue weighted by Gasteiger charge is 2.12. The number of aryl methyl sites for hydroxylation is 2. The number of amides is 1. The predicted molar refractivity (Wildman–Crippen MR) is 82.7 cm³/mol. The molecule has 1 amide bonds. The van der Waals surface area contributed by atoms with Gasteiger partial charge in [0.05, 0.1) is 6.04 Å². The SMILES string of the molecule is Cc1cccc([C@@H](C)NC(=O)c2ccc(C)c(N)c2)c1. The van der Waals surface area contributed by atoms with Gasteiger partial charge in [-0.25, -0.2) is 0 Å². The van der Waals surface area contributed by atoms with Crippen LogP contribution in [0.2, 0.25) is 0 Å². The van der Waals surface area contributed by atoms with Gasteiger partial charge in [0, 0.05) is 11.3 Å². The normalized spacial score (nSPS) is 11.9. The number of hydrogen-bond acceptors (Lipinski definition) is 2. The van der Waals surface area contributed by atoms with Crippen molar-refractivity contribution in [3.8, 4) is 0 Å². The quantitative estimate of drug-likeness (QED) is 0.838. The van der Waals surface area contributed by atoms with Gasteiger partial charge in [-0.15, -0.1) is 0 Å². The second kappa shape index (κ2) is 5.78. The molecule has 0 aromatic heterocycles. The minimum Gasteiger partial charge on any atom is -0.398 e. The number of rotatable bonds is 3. The molecule has 2 aromatic rings. The van der Waals surface area contributed by atoms with Crippen LogP contribution in [-0.4, -0.2) is 5.91 Å². The van der Waals surface area contributed by atoms with Crippen molar-refractivity contribution in [2.24, 2.45) is 0 Å². The summed E-state index contributed by atoms with van der Waals surface area (Å²) in [7, 11) is 0. The second-order valence-electron chi connectivity index (χ2n) is 5.18. The van der Waals surface area contributed by atoms with Gasteiger partial charge in [0.2, 0.25) is 0 Å². The molecule has 0 fully saturated rings. The van der Waals surface area contributed by atoms with E-state index in [1.165, 1.54) is 5.56 Å². The van der Waals surface area contributed by atoms with E-state index in [2.05, 4.69) is 11.4 Å². The second-order valence-corrected chi connectivity index (χ2v) is 5.18. The van der Waals surface area contributed by atoms with Crippen molar-refractivity contribution in [2.45, 2.75) is 26.8 Å². The Morgan fingerprint density at radius 2 is 1.90 bits per heavy atom. The molecule has 0 aliphatic rings. The molecule has 20 heavy (non-hydrogen) atoms. The molecule has 2 rings (SSSR count). The summed E-state index contributed by atoms with van der Waals surface area (Å²) in [4.78, 5) is 12.2. The first kappa shape index (κ1) is 14.1. The third-order valence-electron chi connectivity index (χ3n) is 3.43. The van der Waals surface area contributed by atoms with Gasteiger partial charge in [-0.3, -0.25) is 4.79 Å². The molecule has 3 nitrogen and oxygen atoms in total. The van der Waals surface area contributed by atoms with Crippen LogP contribution >= 0.6 is 0 Å². The van der Waals surface area contributed by atoms with Gasteiger partial charge in [-0.2, -0.15) is 0 Å². The van der Waals surface area contributed by atoms with Crippen LogP contribution in [-0.2, 0) is 0 Å². The van der Waals surface area contributed by atoms with Crippen LogP contribution in [0, 0.1) is 13.8 Å². The lowest BCUT2D eigenvalue weighted by Gasteiger charge is -2.15. The van der Waals surface area contributed by atoms with Crippen LogP contribution in [0.5, 0.6) is 0 Å². The minimum absolute atomic E-state index is 0.0371. The highest BCUT2D eigenvalue weighted by molar-refractivity contribution is 5.95. The number of nitrogens with two attached hydrogens (primary N) is 1. The molecule has 0 saturated heterocycles. The summed E-state index contributed by atoms with van der Waals surface area (Å²) in [5.74, 6) is -0.106. The topological polar surface area (TPSA) is 55.1 Å². The maximum atomic E-state index is 12.2. The van der Waals surface area contributed by atoms with Crippen LogP contribution in [0.1, 0.15) is 40.0 Å². The molecular weight excluding hydrogens is 248 g/mol. The summed E-state index contributed by atoms with van der Waals surface area (Å²) in [5.41, 5.74) is 10.3. The summed E-state index contributed by atoms with van der Waals surface area (Å²) >= 11 is 0. The summed E-state index contributed by atoms with van der Waals surface area (Å²) in [6, 6.07) is 13.5. The van der Waals surface area contributed by atoms with Gasteiger partial charge in [0.15, 0.2) is 0 Å². The largest absolute Gasteiger partial charge is 0.398 e. The van der Waals surface area contributed by atoms with Gasteiger partial charge in [0.1, 0.15) is 0 Å². The maximum Gasteiger partial charge on any atom is 0.251 e. The monoisotopic (exact) mass is 268 g/mol. The third kappa shape index (κ3) is 3.18. The molecule has 0 unspecified atom stereocenters. The Morgan fingerprint density at radius 3 is 2.55 bits per heavy atom. The van der Waals surface area contributed by atoms with Crippen molar-refractivity contribution in [3.05, 3.63) is 64.7 Å². The predicted octanol–water partition coefficient (Wildman–Crippen LogP) is 3.38. The van der Waals surface area contributed by atoms with Crippen molar-refractivity contribution in [1.82, 2.24) is 5.32 Å². The van der Waals surface area contributed by atoms with Crippen molar-refractivity contribution in [1.29, 1.82) is 0 Å². The molecule has 0 aliphatic carbocycles. The third-order valence-corrected chi connectivity index (χ3v) is 3.43. The molecule has 104 valence electrons. The minimum atomic E-state index is -0.106. The van der Waals surface area contributed by atoms with Crippen molar-refractivity contribution in [2.75, 3.05) is 5.73 Å². The lowest BCUT2D eigenvalue weighted by Crippen LogP contribution is -2.26. The molecule has 0 radical (unpaired) electrons. The molecule has 0 bridgehead atoms. The van der Waals surface area contributed by atoms with Crippen LogP contribution in [0.4, 0.5) is 5.69 Å². The van der Waals surface area contributed by atoms with E-state index in [4.69, 9.17) is 5.73 Å². The van der Waals surface area contributed by atoms with Crippen LogP contribution < -0.4 is 11.1 Å². The van der Waals surface area contributed by atoms with E-state index >= 15 is 0 Å². The summed E-state index contributed by atoms with van der Waals surface area (Å²) in [6.07, 6.45) is 0. The van der Waals surface area contributed by atoms with E-state index in [-0.39, 0.29) is 11.9 Å². The number of carbonyl (C=O) groups excluding carboxylic acids is 1. The number of nitrogen functional groups attached to an aromatic ring is 1. The molecule has 2 aromatic carbocycles. The summed E-state index contributed by atoms with van der Waals surface area (Å²) in [6.45, 7) is 5.94. The number of benzene rings is 2. The van der Waals surface area contributed by atoms with Crippen molar-refractivity contribution < 1.29 is 4.79 Å². The Labute approximate surface area is 119 Å². The first-order valence-electron chi connectivity index (χ1n) is 6.71. The Hall–Kier alpha value is -2.29. The lowest BCUT2D eigenvalue weighted by molar-refractivity contribution is 0.0940. The maximum absolute atomic E-state index is 12.2. The van der Waals surface area contributed by atoms with Gasteiger partial charge < -0.3 is 11.1 Å². The molecule has 0 saturated carbocycles. The number of hydrogen-bond donors (Lipinski definition) is 2. The average Bonchev–Trinajstić information content (AvgIpc) is 2.41. The van der Waals surface area contributed by atoms with E-state index in [1.807, 2.05) is 45.0 Å². The summed E-state index contributed by atoms with van der Waals surface area (Å²) in [5, 5.41) is 2.99. The Kier molecular flexibility index (Phi) is 4.08. The zero-order chi connectivity index (χ0) is 14.7.